The lowest BCUT2D eigenvalue weighted by Crippen LogP contribution is -2.09. The molecule has 0 aliphatic carbocycles. The van der Waals surface area contributed by atoms with Gasteiger partial charge in [-0.15, -0.1) is 0 Å². The minimum Gasteiger partial charge on any atom is -0.478 e. The van der Waals surface area contributed by atoms with Crippen molar-refractivity contribution in [1.82, 2.24) is 0 Å². The minimum atomic E-state index is -1.25. The van der Waals surface area contributed by atoms with Crippen LogP contribution in [-0.4, -0.2) is 29.7 Å². The van der Waals surface area contributed by atoms with Gasteiger partial charge in [-0.2, -0.15) is 0 Å². The van der Waals surface area contributed by atoms with E-state index >= 15 is 0 Å². The predicted molar refractivity (Wildman–Crippen MR) is 45.2 cm³/mol. The summed E-state index contributed by atoms with van der Waals surface area (Å²) in [6.07, 6.45) is 0. The zero-order valence-electron chi connectivity index (χ0n) is 7.87. The lowest BCUT2D eigenvalue weighted by molar-refractivity contribution is -0.158. The van der Waals surface area contributed by atoms with E-state index < -0.39 is 24.6 Å². The highest BCUT2D eigenvalue weighted by atomic mass is 19.1. The Bertz CT molecular complexity index is 234. The molecule has 0 aromatic rings. The molecule has 0 amide bonds. The number of carbonyl (C=O) groups excluding carboxylic acids is 2. The van der Waals surface area contributed by atoms with Gasteiger partial charge < -0.3 is 9.84 Å². The zero-order chi connectivity index (χ0) is 11.7. The van der Waals surface area contributed by atoms with Gasteiger partial charge in [-0.25, -0.2) is 14.0 Å². The molecule has 0 spiro atoms. The van der Waals surface area contributed by atoms with Crippen molar-refractivity contribution in [3.8, 4) is 0 Å². The van der Waals surface area contributed by atoms with Gasteiger partial charge in [0.05, 0.1) is 0 Å². The molecule has 1 N–H and O–H groups in total. The molecular formula is C8H11FO5. The Morgan fingerprint density at radius 1 is 1.36 bits per heavy atom. The molecule has 0 rings (SSSR count). The van der Waals surface area contributed by atoms with Gasteiger partial charge in [-0.05, 0) is 6.92 Å². The molecule has 0 unspecified atom stereocenters. The first kappa shape index (κ1) is 14.8. The number of rotatable bonds is 2. The van der Waals surface area contributed by atoms with Gasteiger partial charge in [0.25, 0.3) is 0 Å². The second-order valence-electron chi connectivity index (χ2n) is 2.18. The van der Waals surface area contributed by atoms with Crippen LogP contribution < -0.4 is 0 Å². The fourth-order valence-corrected chi connectivity index (χ4v) is 0.188. The molecule has 0 radical (unpaired) electrons. The maximum absolute atomic E-state index is 11.1. The van der Waals surface area contributed by atoms with E-state index in [1.165, 1.54) is 6.92 Å². The van der Waals surface area contributed by atoms with Crippen LogP contribution in [0.25, 0.3) is 0 Å². The Kier molecular flexibility index (Phi) is 8.35. The van der Waals surface area contributed by atoms with Gasteiger partial charge in [0, 0.05) is 12.5 Å². The van der Waals surface area contributed by atoms with E-state index in [1.54, 1.807) is 0 Å². The Balaban J connectivity index is 0. The van der Waals surface area contributed by atoms with Crippen molar-refractivity contribution in [2.45, 2.75) is 13.8 Å². The van der Waals surface area contributed by atoms with E-state index in [1.807, 2.05) is 0 Å². The summed E-state index contributed by atoms with van der Waals surface area (Å²) in [5.74, 6) is -2.86. The fraction of sp³-hybridized carbons (Fsp3) is 0.375. The number of hydrogen-bond acceptors (Lipinski definition) is 4. The summed E-state index contributed by atoms with van der Waals surface area (Å²) < 4.78 is 14.9. The molecule has 0 saturated heterocycles. The number of carbonyl (C=O) groups is 3. The largest absolute Gasteiger partial charge is 0.478 e. The number of carboxylic acid groups (broad SMARTS) is 1. The van der Waals surface area contributed by atoms with Crippen LogP contribution in [0.1, 0.15) is 13.8 Å². The molecule has 0 bridgehead atoms. The van der Waals surface area contributed by atoms with Crippen molar-refractivity contribution < 1.29 is 28.6 Å². The highest BCUT2D eigenvalue weighted by molar-refractivity contribution is 5.85. The third-order valence-electron chi connectivity index (χ3n) is 0.732. The van der Waals surface area contributed by atoms with E-state index in [0.717, 1.165) is 6.92 Å². The average molecular weight is 206 g/mol. The molecule has 0 aliphatic heterocycles. The quantitative estimate of drug-likeness (QED) is 0.408. The Morgan fingerprint density at radius 3 is 1.79 bits per heavy atom. The van der Waals surface area contributed by atoms with Crippen molar-refractivity contribution in [3.63, 3.8) is 0 Å². The van der Waals surface area contributed by atoms with Crippen molar-refractivity contribution in [2.24, 2.45) is 0 Å². The Hall–Kier alpha value is -1.72. The van der Waals surface area contributed by atoms with Crippen molar-refractivity contribution in [1.29, 1.82) is 0 Å². The summed E-state index contributed by atoms with van der Waals surface area (Å²) in [7, 11) is 0. The van der Waals surface area contributed by atoms with Gasteiger partial charge in [-0.1, -0.05) is 6.58 Å². The number of halogens is 1. The number of alkyl halides is 1. The molecule has 6 heteroatoms. The van der Waals surface area contributed by atoms with Gasteiger partial charge in [0.1, 0.15) is 0 Å². The molecule has 0 aromatic carbocycles. The number of carboxylic acids is 1. The summed E-state index contributed by atoms with van der Waals surface area (Å²) >= 11 is 0. The Morgan fingerprint density at radius 2 is 1.71 bits per heavy atom. The SMILES string of the molecule is C=C(C)C(=O)O.CC(=O)OC(=O)CF. The summed E-state index contributed by atoms with van der Waals surface area (Å²) in [6.45, 7) is 4.39. The lowest BCUT2D eigenvalue weighted by Gasteiger charge is -1.90. The highest BCUT2D eigenvalue weighted by Gasteiger charge is 2.02. The highest BCUT2D eigenvalue weighted by Crippen LogP contribution is 1.81. The van der Waals surface area contributed by atoms with Crippen LogP contribution in [0.15, 0.2) is 12.2 Å². The molecule has 0 heterocycles. The van der Waals surface area contributed by atoms with Crippen molar-refractivity contribution in [2.75, 3.05) is 6.67 Å². The third kappa shape index (κ3) is 12.9. The maximum Gasteiger partial charge on any atom is 0.345 e. The van der Waals surface area contributed by atoms with E-state index in [4.69, 9.17) is 5.11 Å². The average Bonchev–Trinajstić information content (AvgIpc) is 2.04. The van der Waals surface area contributed by atoms with Crippen molar-refractivity contribution in [3.05, 3.63) is 12.2 Å². The molecule has 0 atom stereocenters. The van der Waals surface area contributed by atoms with Crippen LogP contribution >= 0.6 is 0 Å². The maximum atomic E-state index is 11.1. The molecule has 0 saturated carbocycles. The van der Waals surface area contributed by atoms with Gasteiger partial charge in [0.2, 0.25) is 0 Å². The van der Waals surface area contributed by atoms with E-state index in [0.29, 0.717) is 0 Å². The van der Waals surface area contributed by atoms with E-state index in [9.17, 15) is 18.8 Å². The second-order valence-corrected chi connectivity index (χ2v) is 2.18. The minimum absolute atomic E-state index is 0.176. The van der Waals surface area contributed by atoms with Crippen LogP contribution in [0.2, 0.25) is 0 Å². The predicted octanol–water partition coefficient (Wildman–Crippen LogP) is 0.693. The fourth-order valence-electron chi connectivity index (χ4n) is 0.188. The first-order chi connectivity index (χ1) is 6.31. The summed E-state index contributed by atoms with van der Waals surface area (Å²) in [5, 5.41) is 7.89. The first-order valence-corrected chi connectivity index (χ1v) is 3.47. The monoisotopic (exact) mass is 206 g/mol. The zero-order valence-corrected chi connectivity index (χ0v) is 7.87. The van der Waals surface area contributed by atoms with Crippen LogP contribution in [-0.2, 0) is 19.1 Å². The normalized spacial score (nSPS) is 7.93. The molecular weight excluding hydrogens is 195 g/mol. The standard InChI is InChI=1S/C4H5FO3.C4H6O2/c1-3(6)8-4(7)2-5;1-3(2)4(5)6/h2H2,1H3;1H2,2H3,(H,5,6). The van der Waals surface area contributed by atoms with Gasteiger partial charge >= 0.3 is 17.9 Å². The van der Waals surface area contributed by atoms with Crippen molar-refractivity contribution >= 4 is 17.9 Å². The molecule has 0 aliphatic rings. The van der Waals surface area contributed by atoms with Crippen LogP contribution in [0.4, 0.5) is 4.39 Å². The first-order valence-electron chi connectivity index (χ1n) is 3.47. The van der Waals surface area contributed by atoms with Crippen LogP contribution in [0.3, 0.4) is 0 Å². The van der Waals surface area contributed by atoms with Crippen LogP contribution in [0.5, 0.6) is 0 Å². The Labute approximate surface area is 80.2 Å². The number of hydrogen-bond donors (Lipinski definition) is 1. The molecule has 14 heavy (non-hydrogen) atoms. The summed E-state index contributed by atoms with van der Waals surface area (Å²) in [5.41, 5.74) is 0.176. The summed E-state index contributed by atoms with van der Waals surface area (Å²) in [4.78, 5) is 29.2. The topological polar surface area (TPSA) is 80.7 Å². The number of esters is 2. The van der Waals surface area contributed by atoms with Gasteiger partial charge in [-0.3, -0.25) is 4.79 Å². The number of ether oxygens (including phenoxy) is 1. The smallest absolute Gasteiger partial charge is 0.345 e. The van der Waals surface area contributed by atoms with E-state index in [-0.39, 0.29) is 5.57 Å². The molecule has 0 aromatic heterocycles. The lowest BCUT2D eigenvalue weighted by atomic mass is 10.4. The molecule has 5 nitrogen and oxygen atoms in total. The third-order valence-corrected chi connectivity index (χ3v) is 0.732. The van der Waals surface area contributed by atoms with E-state index in [2.05, 4.69) is 11.3 Å². The summed E-state index contributed by atoms with van der Waals surface area (Å²) in [6, 6.07) is 0. The molecule has 0 fully saturated rings. The number of aliphatic carboxylic acids is 1. The van der Waals surface area contributed by atoms with Crippen LogP contribution in [0, 0.1) is 0 Å². The van der Waals surface area contributed by atoms with Gasteiger partial charge in [0.15, 0.2) is 6.67 Å². The molecule has 80 valence electrons. The second kappa shape index (κ2) is 7.90.